The van der Waals surface area contributed by atoms with Gasteiger partial charge in [0.25, 0.3) is 5.95 Å². The first kappa shape index (κ1) is 10.0. The third-order valence-electron chi connectivity index (χ3n) is 2.31. The zero-order valence-corrected chi connectivity index (χ0v) is 8.70. The Morgan fingerprint density at radius 1 is 1.53 bits per heavy atom. The molecule has 0 saturated carbocycles. The molecule has 0 unspecified atom stereocenters. The lowest BCUT2D eigenvalue weighted by molar-refractivity contribution is 0.0109. The van der Waals surface area contributed by atoms with Crippen molar-refractivity contribution in [3.05, 3.63) is 17.9 Å². The summed E-state index contributed by atoms with van der Waals surface area (Å²) in [4.78, 5) is 11.1. The van der Waals surface area contributed by atoms with Gasteiger partial charge < -0.3 is 19.2 Å². The van der Waals surface area contributed by atoms with Crippen LogP contribution in [-0.4, -0.2) is 31.8 Å². The zero-order valence-electron chi connectivity index (χ0n) is 8.70. The number of rotatable bonds is 3. The Morgan fingerprint density at radius 3 is 2.80 bits per heavy atom. The van der Waals surface area contributed by atoms with Crippen molar-refractivity contribution in [3.63, 3.8) is 0 Å². The summed E-state index contributed by atoms with van der Waals surface area (Å²) in [6, 6.07) is 3.16. The average molecular weight is 211 g/mol. The molecule has 1 fully saturated rings. The van der Waals surface area contributed by atoms with E-state index in [2.05, 4.69) is 10.1 Å². The Balaban J connectivity index is 2.04. The Labute approximate surface area is 87.3 Å². The smallest absolute Gasteiger partial charge is 0.374 e. The van der Waals surface area contributed by atoms with E-state index in [4.69, 9.17) is 9.15 Å². The Hall–Kier alpha value is -1.49. The van der Waals surface area contributed by atoms with Crippen LogP contribution in [0.4, 0.5) is 0 Å². The number of furan rings is 1. The summed E-state index contributed by atoms with van der Waals surface area (Å²) < 4.78 is 15.3. The molecule has 1 aliphatic rings. The number of hydrogen-bond acceptors (Lipinski definition) is 5. The second kappa shape index (κ2) is 3.58. The molecule has 82 valence electrons. The number of carbonyl (C=O) groups is 1. The molecule has 5 heteroatoms. The van der Waals surface area contributed by atoms with Crippen molar-refractivity contribution in [1.82, 2.24) is 5.32 Å². The van der Waals surface area contributed by atoms with E-state index in [1.807, 2.05) is 6.92 Å². The van der Waals surface area contributed by atoms with Crippen molar-refractivity contribution in [3.8, 4) is 5.95 Å². The minimum Gasteiger partial charge on any atom is -0.463 e. The quantitative estimate of drug-likeness (QED) is 0.749. The van der Waals surface area contributed by atoms with Gasteiger partial charge in [-0.3, -0.25) is 0 Å². The van der Waals surface area contributed by atoms with Gasteiger partial charge in [0.15, 0.2) is 0 Å². The van der Waals surface area contributed by atoms with Crippen molar-refractivity contribution < 1.29 is 18.7 Å². The van der Waals surface area contributed by atoms with Crippen LogP contribution in [0, 0.1) is 0 Å². The van der Waals surface area contributed by atoms with Gasteiger partial charge in [-0.2, -0.15) is 0 Å². The predicted molar refractivity (Wildman–Crippen MR) is 52.0 cm³/mol. The molecule has 0 aliphatic carbocycles. The van der Waals surface area contributed by atoms with Gasteiger partial charge in [-0.15, -0.1) is 0 Å². The lowest BCUT2D eigenvalue weighted by atomic mass is 10.0. The van der Waals surface area contributed by atoms with Crippen molar-refractivity contribution in [2.45, 2.75) is 12.5 Å². The first-order valence-corrected chi connectivity index (χ1v) is 4.71. The topological polar surface area (TPSA) is 60.7 Å². The van der Waals surface area contributed by atoms with Gasteiger partial charge in [0.1, 0.15) is 5.60 Å². The van der Waals surface area contributed by atoms with Gasteiger partial charge in [0.05, 0.1) is 7.11 Å². The normalized spacial score (nSPS) is 18.0. The molecule has 1 aromatic rings. The molecule has 1 aliphatic heterocycles. The minimum atomic E-state index is -0.498. The molecule has 1 saturated heterocycles. The van der Waals surface area contributed by atoms with Crippen LogP contribution >= 0.6 is 0 Å². The van der Waals surface area contributed by atoms with Gasteiger partial charge in [-0.25, -0.2) is 4.79 Å². The summed E-state index contributed by atoms with van der Waals surface area (Å²) in [6.07, 6.45) is 0. The van der Waals surface area contributed by atoms with E-state index < -0.39 is 5.97 Å². The second-order valence-corrected chi connectivity index (χ2v) is 3.77. The fourth-order valence-electron chi connectivity index (χ4n) is 1.38. The molecule has 0 amide bonds. The lowest BCUT2D eigenvalue weighted by Gasteiger charge is -2.38. The van der Waals surface area contributed by atoms with Gasteiger partial charge in [-0.1, -0.05) is 0 Å². The summed E-state index contributed by atoms with van der Waals surface area (Å²) in [6.45, 7) is 3.53. The average Bonchev–Trinajstić information content (AvgIpc) is 2.62. The van der Waals surface area contributed by atoms with Crippen molar-refractivity contribution in [2.75, 3.05) is 20.2 Å². The van der Waals surface area contributed by atoms with Crippen LogP contribution in [0.1, 0.15) is 17.5 Å². The molecule has 2 rings (SSSR count). The van der Waals surface area contributed by atoms with Crippen LogP contribution in [-0.2, 0) is 4.74 Å². The molecule has 15 heavy (non-hydrogen) atoms. The Bertz CT molecular complexity index is 367. The van der Waals surface area contributed by atoms with Gasteiger partial charge in [-0.05, 0) is 13.0 Å². The molecule has 0 atom stereocenters. The summed E-state index contributed by atoms with van der Waals surface area (Å²) in [5, 5.41) is 3.10. The van der Waals surface area contributed by atoms with E-state index in [1.165, 1.54) is 13.2 Å². The molecule has 0 radical (unpaired) electrons. The third-order valence-corrected chi connectivity index (χ3v) is 2.31. The van der Waals surface area contributed by atoms with E-state index in [0.717, 1.165) is 13.1 Å². The Kier molecular flexibility index (Phi) is 2.40. The highest BCUT2D eigenvalue weighted by Crippen LogP contribution is 2.24. The largest absolute Gasteiger partial charge is 0.463 e. The van der Waals surface area contributed by atoms with Crippen LogP contribution in [0.15, 0.2) is 16.5 Å². The number of nitrogens with one attached hydrogen (secondary N) is 1. The third kappa shape index (κ3) is 1.97. The fraction of sp³-hybridized carbons (Fsp3) is 0.500. The van der Waals surface area contributed by atoms with Crippen molar-refractivity contribution in [2.24, 2.45) is 0 Å². The zero-order chi connectivity index (χ0) is 10.9. The number of esters is 1. The van der Waals surface area contributed by atoms with Crippen LogP contribution < -0.4 is 10.1 Å². The lowest BCUT2D eigenvalue weighted by Crippen LogP contribution is -2.60. The summed E-state index contributed by atoms with van der Waals surface area (Å²) in [7, 11) is 1.31. The molecule has 2 heterocycles. The highest BCUT2D eigenvalue weighted by atomic mass is 16.6. The van der Waals surface area contributed by atoms with Gasteiger partial charge >= 0.3 is 5.97 Å². The minimum absolute atomic E-state index is 0.156. The van der Waals surface area contributed by atoms with Crippen LogP contribution in [0.25, 0.3) is 0 Å². The van der Waals surface area contributed by atoms with E-state index in [1.54, 1.807) is 6.07 Å². The molecule has 5 nitrogen and oxygen atoms in total. The highest BCUT2D eigenvalue weighted by molar-refractivity contribution is 5.86. The number of methoxy groups -OCH3 is 1. The van der Waals surface area contributed by atoms with Crippen LogP contribution in [0.5, 0.6) is 5.95 Å². The van der Waals surface area contributed by atoms with E-state index in [0.29, 0.717) is 5.95 Å². The molecular formula is C10H13NO4. The summed E-state index contributed by atoms with van der Waals surface area (Å²) in [5.41, 5.74) is -0.231. The maximum absolute atomic E-state index is 11.1. The van der Waals surface area contributed by atoms with Gasteiger partial charge in [0.2, 0.25) is 5.76 Å². The fourth-order valence-corrected chi connectivity index (χ4v) is 1.38. The molecule has 0 bridgehead atoms. The Morgan fingerprint density at radius 2 is 2.27 bits per heavy atom. The van der Waals surface area contributed by atoms with Crippen LogP contribution in [0.2, 0.25) is 0 Å². The maximum Gasteiger partial charge on any atom is 0.374 e. The molecule has 0 spiro atoms. The molecule has 1 N–H and O–H groups in total. The van der Waals surface area contributed by atoms with Crippen molar-refractivity contribution in [1.29, 1.82) is 0 Å². The number of carbonyl (C=O) groups excluding carboxylic acids is 1. The predicted octanol–water partition coefficient (Wildman–Crippen LogP) is 0.807. The molecule has 1 aromatic heterocycles. The standard InChI is InChI=1S/C10H13NO4/c1-10(5-11-6-10)15-8-4-3-7(14-8)9(12)13-2/h3-4,11H,5-6H2,1-2H3. The monoisotopic (exact) mass is 211 g/mol. The number of hydrogen-bond donors (Lipinski definition) is 1. The van der Waals surface area contributed by atoms with Gasteiger partial charge in [0, 0.05) is 19.2 Å². The second-order valence-electron chi connectivity index (χ2n) is 3.77. The molecule has 0 aromatic carbocycles. The van der Waals surface area contributed by atoms with Crippen LogP contribution in [0.3, 0.4) is 0 Å². The summed E-state index contributed by atoms with van der Waals surface area (Å²) in [5.74, 6) is 0.00419. The maximum atomic E-state index is 11.1. The molecular weight excluding hydrogens is 198 g/mol. The first-order valence-electron chi connectivity index (χ1n) is 4.71. The highest BCUT2D eigenvalue weighted by Gasteiger charge is 2.34. The van der Waals surface area contributed by atoms with E-state index >= 15 is 0 Å². The number of ether oxygens (including phenoxy) is 2. The van der Waals surface area contributed by atoms with Crippen molar-refractivity contribution >= 4 is 5.97 Å². The summed E-state index contributed by atoms with van der Waals surface area (Å²) >= 11 is 0. The first-order chi connectivity index (χ1) is 7.13. The van der Waals surface area contributed by atoms with E-state index in [-0.39, 0.29) is 11.4 Å². The van der Waals surface area contributed by atoms with E-state index in [9.17, 15) is 4.79 Å². The SMILES string of the molecule is COC(=O)c1ccc(OC2(C)CNC2)o1.